The van der Waals surface area contributed by atoms with Gasteiger partial charge in [0.25, 0.3) is 11.6 Å². The number of aliphatic hydroxyl groups is 1. The highest BCUT2D eigenvalue weighted by Crippen LogP contribution is 2.39. The van der Waals surface area contributed by atoms with Gasteiger partial charge < -0.3 is 9.84 Å². The Hall–Kier alpha value is -3.11. The summed E-state index contributed by atoms with van der Waals surface area (Å²) < 4.78 is 8.01. The minimum Gasteiger partial charge on any atom is -0.494 e. The van der Waals surface area contributed by atoms with Gasteiger partial charge in [0.1, 0.15) is 11.4 Å². The predicted molar refractivity (Wildman–Crippen MR) is 129 cm³/mol. The molecular formula is C28H31N2O2+. The maximum atomic E-state index is 12.1. The van der Waals surface area contributed by atoms with Crippen LogP contribution >= 0.6 is 0 Å². The van der Waals surface area contributed by atoms with Crippen LogP contribution in [0.15, 0.2) is 78.9 Å². The molecule has 3 aromatic carbocycles. The second-order valence-corrected chi connectivity index (χ2v) is 8.67. The predicted octanol–water partition coefficient (Wildman–Crippen LogP) is 5.40. The molecule has 0 fully saturated rings. The van der Waals surface area contributed by atoms with Crippen molar-refractivity contribution in [1.82, 2.24) is 0 Å². The molecule has 1 N–H and O–H groups in total. The van der Waals surface area contributed by atoms with E-state index in [0.717, 1.165) is 36.4 Å². The van der Waals surface area contributed by atoms with Crippen LogP contribution in [0.2, 0.25) is 0 Å². The molecule has 0 saturated carbocycles. The van der Waals surface area contributed by atoms with Gasteiger partial charge in [-0.3, -0.25) is 4.58 Å². The summed E-state index contributed by atoms with van der Waals surface area (Å²) in [4.78, 5) is 2.17. The smallest absolute Gasteiger partial charge is 0.275 e. The van der Waals surface area contributed by atoms with Gasteiger partial charge in [-0.1, -0.05) is 42.5 Å². The number of ether oxygens (including phenoxy) is 1. The molecule has 0 spiro atoms. The lowest BCUT2D eigenvalue weighted by Gasteiger charge is -2.29. The van der Waals surface area contributed by atoms with E-state index in [-0.39, 0.29) is 0 Å². The molecule has 2 aliphatic rings. The first kappa shape index (κ1) is 20.8. The highest BCUT2D eigenvalue weighted by Gasteiger charge is 2.54. The van der Waals surface area contributed by atoms with Gasteiger partial charge in [-0.2, -0.15) is 4.90 Å². The van der Waals surface area contributed by atoms with E-state index >= 15 is 0 Å². The molecule has 5 rings (SSSR count). The lowest BCUT2D eigenvalue weighted by atomic mass is 9.99. The van der Waals surface area contributed by atoms with Crippen LogP contribution < -0.4 is 9.64 Å². The van der Waals surface area contributed by atoms with Crippen LogP contribution in [0.25, 0.3) is 11.1 Å². The number of nitrogens with zero attached hydrogens (tertiary/aromatic N) is 2. The van der Waals surface area contributed by atoms with E-state index in [4.69, 9.17) is 4.74 Å². The second kappa shape index (κ2) is 8.79. The minimum absolute atomic E-state index is 0.580. The van der Waals surface area contributed by atoms with E-state index in [9.17, 15) is 5.11 Å². The average Bonchev–Trinajstić information content (AvgIpc) is 2.95. The van der Waals surface area contributed by atoms with Crippen LogP contribution in [-0.2, 0) is 5.72 Å². The van der Waals surface area contributed by atoms with E-state index < -0.39 is 5.72 Å². The molecule has 3 aromatic rings. The zero-order valence-electron chi connectivity index (χ0n) is 18.7. The summed E-state index contributed by atoms with van der Waals surface area (Å²) in [6, 6.07) is 26.9. The number of amidine groups is 1. The molecule has 0 radical (unpaired) electrons. The Kier molecular flexibility index (Phi) is 5.71. The first-order valence-corrected chi connectivity index (χ1v) is 11.7. The van der Waals surface area contributed by atoms with E-state index in [0.29, 0.717) is 13.2 Å². The van der Waals surface area contributed by atoms with Crippen LogP contribution in [0.3, 0.4) is 0 Å². The zero-order chi connectivity index (χ0) is 22.0. The third-order valence-electron chi connectivity index (χ3n) is 6.59. The summed E-state index contributed by atoms with van der Waals surface area (Å²) in [7, 11) is 0. The maximum absolute atomic E-state index is 12.1. The fourth-order valence-corrected chi connectivity index (χ4v) is 5.02. The maximum Gasteiger partial charge on any atom is 0.275 e. The van der Waals surface area contributed by atoms with E-state index in [1.165, 1.54) is 29.8 Å². The molecule has 2 heterocycles. The van der Waals surface area contributed by atoms with Crippen molar-refractivity contribution in [3.63, 3.8) is 0 Å². The quantitative estimate of drug-likeness (QED) is 0.554. The molecule has 164 valence electrons. The van der Waals surface area contributed by atoms with Crippen molar-refractivity contribution >= 4 is 11.5 Å². The summed E-state index contributed by atoms with van der Waals surface area (Å²) >= 11 is 0. The van der Waals surface area contributed by atoms with Crippen molar-refractivity contribution in [3.05, 3.63) is 84.4 Å². The molecule has 0 saturated heterocycles. The van der Waals surface area contributed by atoms with Crippen LogP contribution in [-0.4, -0.2) is 35.2 Å². The van der Waals surface area contributed by atoms with Gasteiger partial charge in [-0.25, -0.2) is 0 Å². The van der Waals surface area contributed by atoms with Crippen LogP contribution in [0.5, 0.6) is 5.75 Å². The largest absolute Gasteiger partial charge is 0.494 e. The van der Waals surface area contributed by atoms with Crippen molar-refractivity contribution in [2.24, 2.45) is 0 Å². The first-order valence-electron chi connectivity index (χ1n) is 11.7. The summed E-state index contributed by atoms with van der Waals surface area (Å²) in [6.45, 7) is 4.19. The molecule has 0 bridgehead atoms. The van der Waals surface area contributed by atoms with Gasteiger partial charge in [0.2, 0.25) is 0 Å². The average molecular weight is 428 g/mol. The number of anilines is 1. The molecule has 0 aliphatic carbocycles. The van der Waals surface area contributed by atoms with Crippen molar-refractivity contribution in [1.29, 1.82) is 0 Å². The van der Waals surface area contributed by atoms with Crippen LogP contribution in [0.1, 0.15) is 38.2 Å². The minimum atomic E-state index is -1.11. The van der Waals surface area contributed by atoms with Crippen molar-refractivity contribution < 1.29 is 14.4 Å². The van der Waals surface area contributed by atoms with Gasteiger partial charge >= 0.3 is 0 Å². The van der Waals surface area contributed by atoms with Crippen molar-refractivity contribution in [2.75, 3.05) is 24.6 Å². The lowest BCUT2D eigenvalue weighted by Crippen LogP contribution is -2.47. The molecule has 4 heteroatoms. The monoisotopic (exact) mass is 427 g/mol. The van der Waals surface area contributed by atoms with Crippen molar-refractivity contribution in [3.8, 4) is 16.9 Å². The Morgan fingerprint density at radius 1 is 0.875 bits per heavy atom. The Balaban J connectivity index is 1.54. The molecule has 32 heavy (non-hydrogen) atoms. The fraction of sp³-hybridized carbons (Fsp3) is 0.321. The van der Waals surface area contributed by atoms with E-state index in [2.05, 4.69) is 58.0 Å². The Bertz CT molecular complexity index is 1090. The van der Waals surface area contributed by atoms with Gasteiger partial charge in [0, 0.05) is 12.0 Å². The molecule has 0 amide bonds. The Morgan fingerprint density at radius 3 is 2.31 bits per heavy atom. The van der Waals surface area contributed by atoms with Gasteiger partial charge in [-0.15, -0.1) is 0 Å². The Labute approximate surface area is 190 Å². The topological polar surface area (TPSA) is 35.7 Å². The molecule has 4 nitrogen and oxygen atoms in total. The zero-order valence-corrected chi connectivity index (χ0v) is 18.7. The highest BCUT2D eigenvalue weighted by atomic mass is 16.5. The van der Waals surface area contributed by atoms with E-state index in [1.807, 2.05) is 37.3 Å². The van der Waals surface area contributed by atoms with Gasteiger partial charge in [0.15, 0.2) is 6.54 Å². The normalized spacial score (nSPS) is 20.8. The third kappa shape index (κ3) is 3.80. The SMILES string of the molecule is CCOc1ccc([C@]2(O)C[N+]3=C(CCCCC3)N2c2ccc(-c3ccccc3)cc2)cc1. The molecule has 0 unspecified atom stereocenters. The molecular weight excluding hydrogens is 396 g/mol. The molecule has 0 aromatic heterocycles. The standard InChI is InChI=1S/C28H31N2O2/c1-2-32-26-18-14-24(15-19-26)28(31)21-29-20-8-4-7-11-27(29)30(28)25-16-12-23(13-17-25)22-9-5-3-6-10-22/h3,5-6,9-10,12-19,31H,2,4,7-8,11,20-21H2,1H3/q+1/t28-/m1/s1. The number of rotatable bonds is 5. The molecule has 1 atom stereocenters. The number of hydrogen-bond acceptors (Lipinski definition) is 3. The molecule has 2 aliphatic heterocycles. The Morgan fingerprint density at radius 2 is 1.59 bits per heavy atom. The first-order chi connectivity index (χ1) is 15.7. The van der Waals surface area contributed by atoms with Crippen LogP contribution in [0, 0.1) is 0 Å². The summed E-state index contributed by atoms with van der Waals surface area (Å²) in [5.41, 5.74) is 3.20. The number of benzene rings is 3. The van der Waals surface area contributed by atoms with Crippen molar-refractivity contribution in [2.45, 2.75) is 38.3 Å². The summed E-state index contributed by atoms with van der Waals surface area (Å²) in [5.74, 6) is 2.06. The summed E-state index contributed by atoms with van der Waals surface area (Å²) in [5, 5.41) is 12.1. The van der Waals surface area contributed by atoms with E-state index in [1.54, 1.807) is 0 Å². The lowest BCUT2D eigenvalue weighted by molar-refractivity contribution is -0.534. The highest BCUT2D eigenvalue weighted by molar-refractivity contribution is 5.97. The third-order valence-corrected chi connectivity index (χ3v) is 6.59. The second-order valence-electron chi connectivity index (χ2n) is 8.67. The summed E-state index contributed by atoms with van der Waals surface area (Å²) in [6.07, 6.45) is 4.55. The van der Waals surface area contributed by atoms with Crippen LogP contribution in [0.4, 0.5) is 5.69 Å². The number of hydrogen-bond donors (Lipinski definition) is 1. The fourth-order valence-electron chi connectivity index (χ4n) is 5.02. The van der Waals surface area contributed by atoms with Gasteiger partial charge in [0.05, 0.1) is 13.2 Å². The van der Waals surface area contributed by atoms with Gasteiger partial charge in [-0.05, 0) is 73.7 Å².